The Kier molecular flexibility index (Phi) is 6.43. The molecule has 0 saturated carbocycles. The SMILES string of the molecule is CC(C)(C)[C@H](O)C(=O)N1N=C(c2cc(F)ccc2F)OC1(CCCN)c1ccccc1. The zero-order valence-corrected chi connectivity index (χ0v) is 17.8. The Morgan fingerprint density at radius 1 is 1.23 bits per heavy atom. The molecule has 31 heavy (non-hydrogen) atoms. The molecule has 0 aromatic heterocycles. The molecule has 3 N–H and O–H groups in total. The Bertz CT molecular complexity index is 976. The highest BCUT2D eigenvalue weighted by Gasteiger charge is 2.52. The lowest BCUT2D eigenvalue weighted by Crippen LogP contribution is -2.51. The Balaban J connectivity index is 2.18. The summed E-state index contributed by atoms with van der Waals surface area (Å²) < 4.78 is 34.5. The molecule has 166 valence electrons. The maximum Gasteiger partial charge on any atom is 0.275 e. The van der Waals surface area contributed by atoms with Crippen LogP contribution in [-0.2, 0) is 15.3 Å². The number of benzene rings is 2. The molecule has 6 nitrogen and oxygen atoms in total. The normalized spacial score (nSPS) is 19.7. The third-order valence-electron chi connectivity index (χ3n) is 5.16. The van der Waals surface area contributed by atoms with Crippen molar-refractivity contribution in [1.82, 2.24) is 5.01 Å². The van der Waals surface area contributed by atoms with E-state index in [-0.39, 0.29) is 17.9 Å². The van der Waals surface area contributed by atoms with Crippen molar-refractivity contribution in [3.8, 4) is 0 Å². The number of hydrogen-bond donors (Lipinski definition) is 2. The van der Waals surface area contributed by atoms with Crippen LogP contribution in [0.3, 0.4) is 0 Å². The Hall–Kier alpha value is -2.84. The van der Waals surface area contributed by atoms with Gasteiger partial charge < -0.3 is 15.6 Å². The fourth-order valence-corrected chi connectivity index (χ4v) is 3.40. The highest BCUT2D eigenvalue weighted by atomic mass is 19.1. The van der Waals surface area contributed by atoms with E-state index in [2.05, 4.69) is 5.10 Å². The number of halogens is 2. The van der Waals surface area contributed by atoms with Gasteiger partial charge in [-0.2, -0.15) is 5.01 Å². The van der Waals surface area contributed by atoms with E-state index < -0.39 is 34.8 Å². The van der Waals surface area contributed by atoms with Gasteiger partial charge in [-0.3, -0.25) is 4.79 Å². The van der Waals surface area contributed by atoms with E-state index in [9.17, 15) is 18.7 Å². The molecule has 0 fully saturated rings. The third kappa shape index (κ3) is 4.45. The summed E-state index contributed by atoms with van der Waals surface area (Å²) in [6.07, 6.45) is -0.712. The average molecular weight is 431 g/mol. The van der Waals surface area contributed by atoms with Gasteiger partial charge in [0.2, 0.25) is 11.6 Å². The molecular formula is C23H27F2N3O3. The van der Waals surface area contributed by atoms with Crippen LogP contribution >= 0.6 is 0 Å². The van der Waals surface area contributed by atoms with Crippen molar-refractivity contribution in [2.75, 3.05) is 6.54 Å². The summed E-state index contributed by atoms with van der Waals surface area (Å²) in [5.74, 6) is -2.37. The lowest BCUT2D eigenvalue weighted by molar-refractivity contribution is -0.167. The van der Waals surface area contributed by atoms with Crippen LogP contribution in [0, 0.1) is 17.0 Å². The first-order valence-corrected chi connectivity index (χ1v) is 10.1. The Morgan fingerprint density at radius 2 is 1.90 bits per heavy atom. The molecule has 2 aromatic carbocycles. The van der Waals surface area contributed by atoms with E-state index >= 15 is 0 Å². The molecule has 0 radical (unpaired) electrons. The summed E-state index contributed by atoms with van der Waals surface area (Å²) >= 11 is 0. The first-order valence-electron chi connectivity index (χ1n) is 10.1. The molecule has 8 heteroatoms. The lowest BCUT2D eigenvalue weighted by atomic mass is 9.87. The average Bonchev–Trinajstić information content (AvgIpc) is 3.13. The van der Waals surface area contributed by atoms with Gasteiger partial charge in [0, 0.05) is 12.0 Å². The largest absolute Gasteiger partial charge is 0.443 e. The van der Waals surface area contributed by atoms with Gasteiger partial charge >= 0.3 is 0 Å². The van der Waals surface area contributed by atoms with Crippen LogP contribution in [0.5, 0.6) is 0 Å². The predicted octanol–water partition coefficient (Wildman–Crippen LogP) is 3.48. The number of carbonyl (C=O) groups is 1. The number of nitrogens with two attached hydrogens (primary N) is 1. The fraction of sp³-hybridized carbons (Fsp3) is 0.391. The van der Waals surface area contributed by atoms with Crippen molar-refractivity contribution in [3.63, 3.8) is 0 Å². The van der Waals surface area contributed by atoms with Crippen molar-refractivity contribution < 1.29 is 23.4 Å². The van der Waals surface area contributed by atoms with E-state index in [1.165, 1.54) is 0 Å². The highest BCUT2D eigenvalue weighted by molar-refractivity contribution is 5.97. The van der Waals surface area contributed by atoms with Crippen LogP contribution in [-0.4, -0.2) is 34.6 Å². The van der Waals surface area contributed by atoms with Gasteiger partial charge in [0.25, 0.3) is 5.91 Å². The second kappa shape index (κ2) is 8.72. The number of aliphatic hydroxyl groups is 1. The lowest BCUT2D eigenvalue weighted by Gasteiger charge is -2.38. The summed E-state index contributed by atoms with van der Waals surface area (Å²) in [5.41, 5.74) is 3.85. The van der Waals surface area contributed by atoms with Gasteiger partial charge in [0.15, 0.2) is 0 Å². The summed E-state index contributed by atoms with van der Waals surface area (Å²) in [4.78, 5) is 13.4. The third-order valence-corrected chi connectivity index (χ3v) is 5.16. The first-order chi connectivity index (χ1) is 14.6. The number of rotatable bonds is 6. The molecule has 2 atom stereocenters. The van der Waals surface area contributed by atoms with E-state index in [0.29, 0.717) is 18.5 Å². The number of hydrazone groups is 1. The van der Waals surface area contributed by atoms with Gasteiger partial charge in [-0.05, 0) is 36.6 Å². The van der Waals surface area contributed by atoms with E-state index in [1.807, 2.05) is 0 Å². The maximum atomic E-state index is 14.5. The zero-order valence-electron chi connectivity index (χ0n) is 17.8. The molecule has 0 saturated heterocycles. The van der Waals surface area contributed by atoms with Crippen molar-refractivity contribution in [1.29, 1.82) is 0 Å². The van der Waals surface area contributed by atoms with Crippen molar-refractivity contribution in [2.45, 2.75) is 45.4 Å². The molecule has 0 spiro atoms. The monoisotopic (exact) mass is 431 g/mol. The van der Waals surface area contributed by atoms with E-state index in [0.717, 1.165) is 23.2 Å². The summed E-state index contributed by atoms with van der Waals surface area (Å²) in [7, 11) is 0. The predicted molar refractivity (Wildman–Crippen MR) is 113 cm³/mol. The minimum Gasteiger partial charge on any atom is -0.443 e. The van der Waals surface area contributed by atoms with Gasteiger partial charge in [-0.25, -0.2) is 8.78 Å². The second-order valence-electron chi connectivity index (χ2n) is 8.59. The number of carbonyl (C=O) groups excluding carboxylic acids is 1. The summed E-state index contributed by atoms with van der Waals surface area (Å²) in [5, 5.41) is 16.0. The Labute approximate surface area is 180 Å². The molecule has 0 aliphatic carbocycles. The number of amides is 1. The topological polar surface area (TPSA) is 88.1 Å². The number of aliphatic hydroxyl groups excluding tert-OH is 1. The van der Waals surface area contributed by atoms with Gasteiger partial charge in [0.05, 0.1) is 5.56 Å². The van der Waals surface area contributed by atoms with Crippen molar-refractivity contribution in [2.24, 2.45) is 16.3 Å². The van der Waals surface area contributed by atoms with Crippen molar-refractivity contribution >= 4 is 11.8 Å². The first kappa shape index (κ1) is 22.8. The molecule has 1 aliphatic rings. The molecule has 1 aliphatic heterocycles. The quantitative estimate of drug-likeness (QED) is 0.733. The number of hydrogen-bond acceptors (Lipinski definition) is 5. The summed E-state index contributed by atoms with van der Waals surface area (Å²) in [6, 6.07) is 11.8. The molecule has 1 amide bonds. The number of ether oxygens (including phenoxy) is 1. The minimum atomic E-state index is -1.46. The molecular weight excluding hydrogens is 404 g/mol. The zero-order chi connectivity index (χ0) is 22.8. The van der Waals surface area contributed by atoms with Gasteiger partial charge in [0.1, 0.15) is 17.7 Å². The Morgan fingerprint density at radius 3 is 2.52 bits per heavy atom. The van der Waals surface area contributed by atoms with Crippen LogP contribution in [0.1, 0.15) is 44.7 Å². The van der Waals surface area contributed by atoms with E-state index in [4.69, 9.17) is 10.5 Å². The molecule has 0 bridgehead atoms. The molecule has 1 unspecified atom stereocenters. The smallest absolute Gasteiger partial charge is 0.275 e. The van der Waals surface area contributed by atoms with Gasteiger partial charge in [-0.1, -0.05) is 51.1 Å². The number of nitrogens with zero attached hydrogens (tertiary/aromatic N) is 2. The van der Waals surface area contributed by atoms with Gasteiger partial charge in [-0.15, -0.1) is 5.10 Å². The maximum absolute atomic E-state index is 14.5. The molecule has 2 aromatic rings. The van der Waals surface area contributed by atoms with Crippen LogP contribution in [0.15, 0.2) is 53.6 Å². The summed E-state index contributed by atoms with van der Waals surface area (Å²) in [6.45, 7) is 5.46. The molecule has 3 rings (SSSR count). The standard InChI is InChI=1S/C23H27F2N3O3/c1-22(2,3)19(29)21(30)28-23(12-7-13-26,15-8-5-4-6-9-15)31-20(27-28)17-14-16(24)10-11-18(17)25/h4-6,8-11,14,19,29H,7,12-13,26H2,1-3H3/t19-,23?/m1/s1. The second-order valence-corrected chi connectivity index (χ2v) is 8.59. The molecule has 1 heterocycles. The minimum absolute atomic E-state index is 0.214. The van der Waals surface area contributed by atoms with Crippen LogP contribution < -0.4 is 5.73 Å². The van der Waals surface area contributed by atoms with E-state index in [1.54, 1.807) is 51.1 Å². The fourth-order valence-electron chi connectivity index (χ4n) is 3.40. The van der Waals surface area contributed by atoms with Crippen LogP contribution in [0.4, 0.5) is 8.78 Å². The van der Waals surface area contributed by atoms with Crippen LogP contribution in [0.25, 0.3) is 0 Å². The highest BCUT2D eigenvalue weighted by Crippen LogP contribution is 2.42. The van der Waals surface area contributed by atoms with Crippen LogP contribution in [0.2, 0.25) is 0 Å². The van der Waals surface area contributed by atoms with Crippen molar-refractivity contribution in [3.05, 3.63) is 71.3 Å².